The first-order valence-electron chi connectivity index (χ1n) is 8.48. The van der Waals surface area contributed by atoms with Crippen molar-refractivity contribution in [3.8, 4) is 0 Å². The summed E-state index contributed by atoms with van der Waals surface area (Å²) in [6.07, 6.45) is 6.28. The van der Waals surface area contributed by atoms with Gasteiger partial charge in [-0.2, -0.15) is 0 Å². The summed E-state index contributed by atoms with van der Waals surface area (Å²) in [5, 5.41) is 0. The molecular formula is C20H31NO2. The van der Waals surface area contributed by atoms with Crippen molar-refractivity contribution in [1.29, 1.82) is 0 Å². The molecule has 1 rings (SSSR count). The summed E-state index contributed by atoms with van der Waals surface area (Å²) < 4.78 is 5.26. The van der Waals surface area contributed by atoms with Crippen LogP contribution in [0.25, 0.3) is 0 Å². The third-order valence-electron chi connectivity index (χ3n) is 4.72. The molecule has 0 aliphatic rings. The van der Waals surface area contributed by atoms with Gasteiger partial charge in [-0.15, -0.1) is 0 Å². The number of benzene rings is 1. The SMILES string of the molecule is CCC(C)(C)C(C)/C=C/[C@@H](N)CCC(=O)OCc1ccccc1. The number of allylic oxidation sites excluding steroid dienone is 1. The lowest BCUT2D eigenvalue weighted by Crippen LogP contribution is -2.22. The van der Waals surface area contributed by atoms with E-state index in [4.69, 9.17) is 10.5 Å². The van der Waals surface area contributed by atoms with Gasteiger partial charge in [0.15, 0.2) is 0 Å². The highest BCUT2D eigenvalue weighted by Gasteiger charge is 2.21. The van der Waals surface area contributed by atoms with Gasteiger partial charge in [-0.25, -0.2) is 0 Å². The van der Waals surface area contributed by atoms with E-state index in [2.05, 4.69) is 33.8 Å². The molecule has 1 unspecified atom stereocenters. The van der Waals surface area contributed by atoms with Gasteiger partial charge in [0.05, 0.1) is 0 Å². The van der Waals surface area contributed by atoms with E-state index in [1.807, 2.05) is 36.4 Å². The van der Waals surface area contributed by atoms with Crippen LogP contribution in [0.1, 0.15) is 52.5 Å². The van der Waals surface area contributed by atoms with Crippen molar-refractivity contribution < 1.29 is 9.53 Å². The van der Waals surface area contributed by atoms with Crippen LogP contribution >= 0.6 is 0 Å². The minimum atomic E-state index is -0.195. The van der Waals surface area contributed by atoms with E-state index < -0.39 is 0 Å². The van der Waals surface area contributed by atoms with Crippen molar-refractivity contribution in [3.05, 3.63) is 48.0 Å². The zero-order valence-electron chi connectivity index (χ0n) is 14.9. The highest BCUT2D eigenvalue weighted by atomic mass is 16.5. The quantitative estimate of drug-likeness (QED) is 0.540. The van der Waals surface area contributed by atoms with Gasteiger partial charge in [0.2, 0.25) is 0 Å². The molecule has 0 saturated carbocycles. The summed E-state index contributed by atoms with van der Waals surface area (Å²) in [5.41, 5.74) is 7.34. The van der Waals surface area contributed by atoms with Crippen LogP contribution in [0.15, 0.2) is 42.5 Å². The van der Waals surface area contributed by atoms with Crippen LogP contribution in [0.2, 0.25) is 0 Å². The summed E-state index contributed by atoms with van der Waals surface area (Å²) in [5.74, 6) is 0.267. The average Bonchev–Trinajstić information content (AvgIpc) is 2.56. The van der Waals surface area contributed by atoms with Gasteiger partial charge in [-0.1, -0.05) is 76.6 Å². The Hall–Kier alpha value is -1.61. The monoisotopic (exact) mass is 317 g/mol. The van der Waals surface area contributed by atoms with Gasteiger partial charge >= 0.3 is 5.97 Å². The van der Waals surface area contributed by atoms with Crippen molar-refractivity contribution in [2.45, 2.75) is 59.6 Å². The fraction of sp³-hybridized carbons (Fsp3) is 0.550. The molecule has 23 heavy (non-hydrogen) atoms. The maximum Gasteiger partial charge on any atom is 0.306 e. The van der Waals surface area contributed by atoms with Crippen LogP contribution in [0, 0.1) is 11.3 Å². The van der Waals surface area contributed by atoms with Gasteiger partial charge < -0.3 is 10.5 Å². The van der Waals surface area contributed by atoms with E-state index in [0.717, 1.165) is 12.0 Å². The normalized spacial score (nSPS) is 14.7. The molecule has 0 aromatic heterocycles. The van der Waals surface area contributed by atoms with Crippen LogP contribution in [0.4, 0.5) is 0 Å². The molecule has 0 fully saturated rings. The van der Waals surface area contributed by atoms with Gasteiger partial charge in [0.1, 0.15) is 6.61 Å². The van der Waals surface area contributed by atoms with Crippen LogP contribution in [0.5, 0.6) is 0 Å². The molecule has 128 valence electrons. The molecule has 2 N–H and O–H groups in total. The molecule has 3 nitrogen and oxygen atoms in total. The minimum Gasteiger partial charge on any atom is -0.461 e. The Morgan fingerprint density at radius 2 is 1.91 bits per heavy atom. The van der Waals surface area contributed by atoms with Crippen LogP contribution < -0.4 is 5.73 Å². The van der Waals surface area contributed by atoms with E-state index in [1.165, 1.54) is 0 Å². The molecule has 0 aliphatic carbocycles. The van der Waals surface area contributed by atoms with Crippen molar-refractivity contribution in [2.24, 2.45) is 17.1 Å². The topological polar surface area (TPSA) is 52.3 Å². The lowest BCUT2D eigenvalue weighted by atomic mass is 9.77. The maximum absolute atomic E-state index is 11.8. The van der Waals surface area contributed by atoms with Gasteiger partial charge in [0.25, 0.3) is 0 Å². The third kappa shape index (κ3) is 7.47. The standard InChI is InChI=1S/C20H31NO2/c1-5-20(3,4)16(2)11-12-18(21)13-14-19(22)23-15-17-9-7-6-8-10-17/h6-12,16,18H,5,13-15,21H2,1-4H3/b12-11+/t16?,18-/m1/s1. The van der Waals surface area contributed by atoms with Gasteiger partial charge in [-0.05, 0) is 23.3 Å². The van der Waals surface area contributed by atoms with Crippen molar-refractivity contribution in [2.75, 3.05) is 0 Å². The van der Waals surface area contributed by atoms with E-state index in [-0.39, 0.29) is 17.4 Å². The lowest BCUT2D eigenvalue weighted by molar-refractivity contribution is -0.145. The molecule has 0 amide bonds. The van der Waals surface area contributed by atoms with Crippen LogP contribution in [-0.4, -0.2) is 12.0 Å². The first kappa shape index (κ1) is 19.4. The van der Waals surface area contributed by atoms with Crippen LogP contribution in [0.3, 0.4) is 0 Å². The number of hydrogen-bond donors (Lipinski definition) is 1. The predicted molar refractivity (Wildman–Crippen MR) is 95.8 cm³/mol. The van der Waals surface area contributed by atoms with E-state index in [0.29, 0.717) is 25.4 Å². The Morgan fingerprint density at radius 1 is 1.26 bits per heavy atom. The molecular weight excluding hydrogens is 286 g/mol. The average molecular weight is 317 g/mol. The first-order chi connectivity index (χ1) is 10.8. The third-order valence-corrected chi connectivity index (χ3v) is 4.72. The van der Waals surface area contributed by atoms with Crippen molar-refractivity contribution in [1.82, 2.24) is 0 Å². The summed E-state index contributed by atoms with van der Waals surface area (Å²) in [4.78, 5) is 11.8. The number of rotatable bonds is 9. The summed E-state index contributed by atoms with van der Waals surface area (Å²) in [6.45, 7) is 9.25. The number of carbonyl (C=O) groups excluding carboxylic acids is 1. The van der Waals surface area contributed by atoms with E-state index in [9.17, 15) is 4.79 Å². The zero-order chi connectivity index (χ0) is 17.3. The highest BCUT2D eigenvalue weighted by molar-refractivity contribution is 5.69. The highest BCUT2D eigenvalue weighted by Crippen LogP contribution is 2.30. The molecule has 0 spiro atoms. The number of nitrogens with two attached hydrogens (primary N) is 1. The Labute approximate surface area is 140 Å². The maximum atomic E-state index is 11.8. The Balaban J connectivity index is 2.29. The number of carbonyl (C=O) groups is 1. The molecule has 0 saturated heterocycles. The van der Waals surface area contributed by atoms with E-state index >= 15 is 0 Å². The van der Waals surface area contributed by atoms with Gasteiger partial charge in [-0.3, -0.25) is 4.79 Å². The lowest BCUT2D eigenvalue weighted by Gasteiger charge is -2.28. The molecule has 1 aromatic carbocycles. The summed E-state index contributed by atoms with van der Waals surface area (Å²) >= 11 is 0. The second-order valence-electron chi connectivity index (χ2n) is 6.86. The number of ether oxygens (including phenoxy) is 1. The summed E-state index contributed by atoms with van der Waals surface area (Å²) in [6, 6.07) is 9.59. The predicted octanol–water partition coefficient (Wildman–Crippen LogP) is 4.47. The first-order valence-corrected chi connectivity index (χ1v) is 8.48. The molecule has 2 atom stereocenters. The molecule has 1 aromatic rings. The van der Waals surface area contributed by atoms with Crippen molar-refractivity contribution in [3.63, 3.8) is 0 Å². The smallest absolute Gasteiger partial charge is 0.306 e. The summed E-state index contributed by atoms with van der Waals surface area (Å²) in [7, 11) is 0. The number of esters is 1. The van der Waals surface area contributed by atoms with Crippen LogP contribution in [-0.2, 0) is 16.1 Å². The Kier molecular flexibility index (Phi) is 8.04. The molecule has 0 radical (unpaired) electrons. The van der Waals surface area contributed by atoms with Crippen molar-refractivity contribution >= 4 is 5.97 Å². The Bertz CT molecular complexity index is 494. The van der Waals surface area contributed by atoms with Gasteiger partial charge in [0, 0.05) is 12.5 Å². The fourth-order valence-electron chi connectivity index (χ4n) is 2.08. The number of hydrogen-bond acceptors (Lipinski definition) is 3. The fourth-order valence-corrected chi connectivity index (χ4v) is 2.08. The molecule has 0 bridgehead atoms. The molecule has 0 aliphatic heterocycles. The second-order valence-corrected chi connectivity index (χ2v) is 6.86. The zero-order valence-corrected chi connectivity index (χ0v) is 14.9. The second kappa shape index (κ2) is 9.51. The Morgan fingerprint density at radius 3 is 2.52 bits per heavy atom. The molecule has 3 heteroatoms. The van der Waals surface area contributed by atoms with E-state index in [1.54, 1.807) is 0 Å². The largest absolute Gasteiger partial charge is 0.461 e. The minimum absolute atomic E-state index is 0.102. The molecule has 0 heterocycles.